The molecule has 0 atom stereocenters. The molecule has 0 radical (unpaired) electrons. The Labute approximate surface area is 132 Å². The fourth-order valence-corrected chi connectivity index (χ4v) is 2.35. The minimum Gasteiger partial charge on any atom is -0.478 e. The Bertz CT molecular complexity index is 736. The first-order valence-corrected chi connectivity index (χ1v) is 6.85. The first kappa shape index (κ1) is 15.5. The molecule has 0 saturated heterocycles. The van der Waals surface area contributed by atoms with Crippen molar-refractivity contribution in [3.05, 3.63) is 62.8 Å². The number of nitrogens with one attached hydrogen (secondary N) is 1. The van der Waals surface area contributed by atoms with Crippen LogP contribution in [0.4, 0.5) is 10.1 Å². The molecule has 0 heterocycles. The van der Waals surface area contributed by atoms with Gasteiger partial charge in [0, 0.05) is 5.69 Å². The number of aromatic carboxylic acids is 1. The molecule has 2 aromatic carbocycles. The van der Waals surface area contributed by atoms with Gasteiger partial charge in [-0.3, -0.25) is 4.79 Å². The van der Waals surface area contributed by atoms with Crippen LogP contribution in [0.25, 0.3) is 0 Å². The molecule has 2 rings (SSSR count). The van der Waals surface area contributed by atoms with Crippen molar-refractivity contribution in [2.24, 2.45) is 0 Å². The summed E-state index contributed by atoms with van der Waals surface area (Å²) in [5.74, 6) is -2.26. The normalized spacial score (nSPS) is 10.2. The molecule has 0 spiro atoms. The molecule has 2 aromatic rings. The van der Waals surface area contributed by atoms with Crippen LogP contribution in [0.3, 0.4) is 0 Å². The molecule has 2 N–H and O–H groups in total. The first-order chi connectivity index (χ1) is 9.90. The maximum atomic E-state index is 13.4. The highest BCUT2D eigenvalue weighted by Gasteiger charge is 2.14. The molecular weight excluding hydrogens is 365 g/mol. The van der Waals surface area contributed by atoms with E-state index in [1.54, 1.807) is 0 Å². The molecule has 0 bridgehead atoms. The van der Waals surface area contributed by atoms with Crippen molar-refractivity contribution in [1.29, 1.82) is 0 Å². The van der Waals surface area contributed by atoms with E-state index >= 15 is 0 Å². The highest BCUT2D eigenvalue weighted by Crippen LogP contribution is 2.24. The lowest BCUT2D eigenvalue weighted by molar-refractivity contribution is 0.0697. The van der Waals surface area contributed by atoms with Crippen LogP contribution < -0.4 is 5.32 Å². The Morgan fingerprint density at radius 2 is 1.90 bits per heavy atom. The van der Waals surface area contributed by atoms with Crippen molar-refractivity contribution in [2.75, 3.05) is 5.32 Å². The second-order valence-corrected chi connectivity index (χ2v) is 5.26. The highest BCUT2D eigenvalue weighted by molar-refractivity contribution is 9.10. The number of rotatable bonds is 3. The van der Waals surface area contributed by atoms with Crippen LogP contribution >= 0.6 is 27.5 Å². The lowest BCUT2D eigenvalue weighted by Gasteiger charge is -2.08. The molecule has 0 fully saturated rings. The molecule has 1 amide bonds. The molecule has 7 heteroatoms. The van der Waals surface area contributed by atoms with E-state index < -0.39 is 17.7 Å². The summed E-state index contributed by atoms with van der Waals surface area (Å²) in [4.78, 5) is 22.9. The second kappa shape index (κ2) is 6.24. The summed E-state index contributed by atoms with van der Waals surface area (Å²) >= 11 is 8.81. The third kappa shape index (κ3) is 3.40. The zero-order chi connectivity index (χ0) is 15.6. The van der Waals surface area contributed by atoms with E-state index in [1.807, 2.05) is 0 Å². The summed E-state index contributed by atoms with van der Waals surface area (Å²) in [6.07, 6.45) is 0. The third-order valence-electron chi connectivity index (χ3n) is 2.65. The van der Waals surface area contributed by atoms with Gasteiger partial charge in [0.1, 0.15) is 5.82 Å². The Morgan fingerprint density at radius 1 is 1.19 bits per heavy atom. The van der Waals surface area contributed by atoms with Crippen LogP contribution in [0.1, 0.15) is 20.7 Å². The summed E-state index contributed by atoms with van der Waals surface area (Å²) in [6.45, 7) is 0. The number of hydrogen-bond acceptors (Lipinski definition) is 2. The van der Waals surface area contributed by atoms with Crippen molar-refractivity contribution in [1.82, 2.24) is 0 Å². The van der Waals surface area contributed by atoms with Gasteiger partial charge in [-0.1, -0.05) is 17.7 Å². The van der Waals surface area contributed by atoms with Crippen molar-refractivity contribution < 1.29 is 19.1 Å². The lowest BCUT2D eigenvalue weighted by Crippen LogP contribution is -2.13. The smallest absolute Gasteiger partial charge is 0.337 e. The van der Waals surface area contributed by atoms with Gasteiger partial charge in [0.2, 0.25) is 0 Å². The topological polar surface area (TPSA) is 66.4 Å². The SMILES string of the molecule is O=C(O)c1ccc(NC(=O)c2cccc(F)c2Br)cc1Cl. The quantitative estimate of drug-likeness (QED) is 0.849. The van der Waals surface area contributed by atoms with Crippen LogP contribution in [0.15, 0.2) is 40.9 Å². The fraction of sp³-hybridized carbons (Fsp3) is 0. The number of benzene rings is 2. The molecule has 0 aromatic heterocycles. The molecule has 4 nitrogen and oxygen atoms in total. The predicted molar refractivity (Wildman–Crippen MR) is 80.5 cm³/mol. The van der Waals surface area contributed by atoms with E-state index in [1.165, 1.54) is 36.4 Å². The van der Waals surface area contributed by atoms with Gasteiger partial charge >= 0.3 is 5.97 Å². The van der Waals surface area contributed by atoms with E-state index in [9.17, 15) is 14.0 Å². The minimum atomic E-state index is -1.16. The minimum absolute atomic E-state index is 0.00129. The van der Waals surface area contributed by atoms with Crippen LogP contribution in [-0.2, 0) is 0 Å². The van der Waals surface area contributed by atoms with Gasteiger partial charge in [0.25, 0.3) is 5.91 Å². The molecule has 21 heavy (non-hydrogen) atoms. The van der Waals surface area contributed by atoms with Crippen molar-refractivity contribution in [2.45, 2.75) is 0 Å². The summed E-state index contributed by atoms with van der Waals surface area (Å²) in [5.41, 5.74) is 0.362. The van der Waals surface area contributed by atoms with Crippen molar-refractivity contribution in [3.8, 4) is 0 Å². The number of hydrogen-bond donors (Lipinski definition) is 2. The van der Waals surface area contributed by atoms with Crippen LogP contribution in [0, 0.1) is 5.82 Å². The lowest BCUT2D eigenvalue weighted by atomic mass is 10.1. The number of halogens is 3. The zero-order valence-electron chi connectivity index (χ0n) is 10.4. The van der Waals surface area contributed by atoms with E-state index in [0.717, 1.165) is 0 Å². The molecular formula is C14H8BrClFNO3. The largest absolute Gasteiger partial charge is 0.478 e. The first-order valence-electron chi connectivity index (χ1n) is 5.68. The molecule has 0 aliphatic carbocycles. The summed E-state index contributed by atoms with van der Waals surface area (Å²) in [5, 5.41) is 11.4. The van der Waals surface area contributed by atoms with Crippen LogP contribution in [-0.4, -0.2) is 17.0 Å². The fourth-order valence-electron chi connectivity index (χ4n) is 1.64. The van der Waals surface area contributed by atoms with Gasteiger partial charge in [0.15, 0.2) is 0 Å². The Balaban J connectivity index is 2.26. The average molecular weight is 373 g/mol. The second-order valence-electron chi connectivity index (χ2n) is 4.06. The molecule has 108 valence electrons. The number of carboxylic acid groups (broad SMARTS) is 1. The molecule has 0 aliphatic rings. The Morgan fingerprint density at radius 3 is 2.52 bits per heavy atom. The van der Waals surface area contributed by atoms with E-state index in [4.69, 9.17) is 16.7 Å². The van der Waals surface area contributed by atoms with Gasteiger partial charge in [0.05, 0.1) is 20.6 Å². The van der Waals surface area contributed by atoms with Gasteiger partial charge in [-0.15, -0.1) is 0 Å². The Kier molecular flexibility index (Phi) is 4.59. The number of anilines is 1. The number of carbonyl (C=O) groups excluding carboxylic acids is 1. The maximum absolute atomic E-state index is 13.4. The van der Waals surface area contributed by atoms with Gasteiger partial charge in [-0.25, -0.2) is 9.18 Å². The highest BCUT2D eigenvalue weighted by atomic mass is 79.9. The zero-order valence-corrected chi connectivity index (χ0v) is 12.7. The van der Waals surface area contributed by atoms with Gasteiger partial charge in [-0.05, 0) is 46.3 Å². The summed E-state index contributed by atoms with van der Waals surface area (Å²) in [6, 6.07) is 8.09. The van der Waals surface area contributed by atoms with Crippen LogP contribution in [0.5, 0.6) is 0 Å². The number of carbonyl (C=O) groups is 2. The van der Waals surface area contributed by atoms with E-state index in [2.05, 4.69) is 21.2 Å². The average Bonchev–Trinajstić information content (AvgIpc) is 2.41. The monoisotopic (exact) mass is 371 g/mol. The van der Waals surface area contributed by atoms with Gasteiger partial charge < -0.3 is 10.4 Å². The van der Waals surface area contributed by atoms with Gasteiger partial charge in [-0.2, -0.15) is 0 Å². The van der Waals surface area contributed by atoms with Crippen LogP contribution in [0.2, 0.25) is 5.02 Å². The summed E-state index contributed by atoms with van der Waals surface area (Å²) < 4.78 is 13.4. The van der Waals surface area contributed by atoms with Crippen molar-refractivity contribution >= 4 is 45.1 Å². The maximum Gasteiger partial charge on any atom is 0.337 e. The molecule has 0 saturated carbocycles. The summed E-state index contributed by atoms with van der Waals surface area (Å²) in [7, 11) is 0. The molecule has 0 aliphatic heterocycles. The van der Waals surface area contributed by atoms with Crippen molar-refractivity contribution in [3.63, 3.8) is 0 Å². The van der Waals surface area contributed by atoms with E-state index in [-0.39, 0.29) is 20.6 Å². The Hall–Kier alpha value is -1.92. The number of amides is 1. The third-order valence-corrected chi connectivity index (χ3v) is 3.77. The predicted octanol–water partition coefficient (Wildman–Crippen LogP) is 4.19. The standard InChI is InChI=1S/C14H8BrClFNO3/c15-12-9(2-1-3-11(12)17)13(19)18-7-4-5-8(14(20)21)10(16)6-7/h1-6H,(H,18,19)(H,20,21). The molecule has 0 unspecified atom stereocenters. The number of carboxylic acids is 1. The van der Waals surface area contributed by atoms with E-state index in [0.29, 0.717) is 5.69 Å².